The van der Waals surface area contributed by atoms with E-state index in [1.54, 1.807) is 28.8 Å². The van der Waals surface area contributed by atoms with Crippen molar-refractivity contribution in [1.82, 2.24) is 14.6 Å². The Morgan fingerprint density at radius 1 is 1.26 bits per heavy atom. The van der Waals surface area contributed by atoms with Gasteiger partial charge in [0, 0.05) is 29.4 Å². The number of thiophene rings is 1. The molecule has 1 amide bonds. The SMILES string of the molecule is Cc1cccc(-n2ccnc2SCC(=O)N2N=C(c3ccco3)C[C@H]2c2cccs2)c1. The maximum Gasteiger partial charge on any atom is 0.253 e. The predicted octanol–water partition coefficient (Wildman–Crippen LogP) is 5.31. The lowest BCUT2D eigenvalue weighted by molar-refractivity contribution is -0.130. The molecule has 6 nitrogen and oxygen atoms in total. The Morgan fingerprint density at radius 2 is 2.19 bits per heavy atom. The number of nitrogens with zero attached hydrogens (tertiary/aromatic N) is 4. The second-order valence-corrected chi connectivity index (χ2v) is 9.13. The zero-order valence-corrected chi connectivity index (χ0v) is 18.5. The summed E-state index contributed by atoms with van der Waals surface area (Å²) in [5, 5.41) is 9.04. The molecule has 1 aliphatic heterocycles. The van der Waals surface area contributed by atoms with E-state index >= 15 is 0 Å². The fourth-order valence-electron chi connectivity index (χ4n) is 3.60. The lowest BCUT2D eigenvalue weighted by atomic mass is 10.1. The molecule has 0 aliphatic carbocycles. The molecule has 5 rings (SSSR count). The molecule has 0 radical (unpaired) electrons. The van der Waals surface area contributed by atoms with Crippen LogP contribution in [0, 0.1) is 6.92 Å². The third-order valence-corrected chi connectivity index (χ3v) is 6.98. The van der Waals surface area contributed by atoms with Crippen LogP contribution >= 0.6 is 23.1 Å². The first kappa shape index (κ1) is 19.8. The minimum atomic E-state index is -0.107. The van der Waals surface area contributed by atoms with Crippen molar-refractivity contribution in [1.29, 1.82) is 0 Å². The van der Waals surface area contributed by atoms with Crippen LogP contribution in [0.1, 0.15) is 28.7 Å². The van der Waals surface area contributed by atoms with Gasteiger partial charge < -0.3 is 4.42 Å². The second-order valence-electron chi connectivity index (χ2n) is 7.21. The number of thioether (sulfide) groups is 1. The van der Waals surface area contributed by atoms with Crippen molar-refractivity contribution in [2.24, 2.45) is 5.10 Å². The fourth-order valence-corrected chi connectivity index (χ4v) is 5.23. The Bertz CT molecular complexity index is 1210. The van der Waals surface area contributed by atoms with Gasteiger partial charge in [0.1, 0.15) is 11.5 Å². The number of aromatic nitrogens is 2. The summed E-state index contributed by atoms with van der Waals surface area (Å²) >= 11 is 3.06. The Morgan fingerprint density at radius 3 is 2.97 bits per heavy atom. The molecule has 4 heterocycles. The first-order valence-electron chi connectivity index (χ1n) is 9.89. The van der Waals surface area contributed by atoms with Gasteiger partial charge in [-0.1, -0.05) is 30.0 Å². The van der Waals surface area contributed by atoms with Crippen LogP contribution in [-0.4, -0.2) is 31.9 Å². The number of aryl methyl sites for hydroxylation is 1. The molecule has 0 saturated heterocycles. The highest BCUT2D eigenvalue weighted by atomic mass is 32.2. The summed E-state index contributed by atoms with van der Waals surface area (Å²) in [7, 11) is 0. The normalized spacial score (nSPS) is 16.0. The zero-order valence-electron chi connectivity index (χ0n) is 16.8. The van der Waals surface area contributed by atoms with Crippen LogP contribution in [0.15, 0.2) is 87.2 Å². The second kappa shape index (κ2) is 8.56. The highest BCUT2D eigenvalue weighted by Gasteiger charge is 2.34. The average molecular weight is 449 g/mol. The molecule has 3 aromatic heterocycles. The van der Waals surface area contributed by atoms with E-state index in [-0.39, 0.29) is 17.7 Å². The molecule has 0 spiro atoms. The fraction of sp³-hybridized carbons (Fsp3) is 0.174. The van der Waals surface area contributed by atoms with Gasteiger partial charge in [0.25, 0.3) is 5.91 Å². The number of rotatable bonds is 6. The molecule has 8 heteroatoms. The number of amides is 1. The van der Waals surface area contributed by atoms with Crippen LogP contribution in [0.4, 0.5) is 0 Å². The highest BCUT2D eigenvalue weighted by molar-refractivity contribution is 7.99. The lowest BCUT2D eigenvalue weighted by Gasteiger charge is -2.20. The Kier molecular flexibility index (Phi) is 5.48. The third kappa shape index (κ3) is 4.08. The molecule has 1 aromatic carbocycles. The molecule has 0 unspecified atom stereocenters. The number of imidazole rings is 1. The summed E-state index contributed by atoms with van der Waals surface area (Å²) in [6.45, 7) is 2.06. The van der Waals surface area contributed by atoms with Gasteiger partial charge in [-0.25, -0.2) is 9.99 Å². The van der Waals surface area contributed by atoms with E-state index in [1.165, 1.54) is 17.3 Å². The van der Waals surface area contributed by atoms with Gasteiger partial charge in [-0.3, -0.25) is 9.36 Å². The van der Waals surface area contributed by atoms with E-state index in [9.17, 15) is 4.79 Å². The number of benzene rings is 1. The van der Waals surface area contributed by atoms with Crippen LogP contribution in [-0.2, 0) is 4.79 Å². The van der Waals surface area contributed by atoms with Gasteiger partial charge in [-0.05, 0) is 48.2 Å². The summed E-state index contributed by atoms with van der Waals surface area (Å²) in [6.07, 6.45) is 5.94. The minimum Gasteiger partial charge on any atom is -0.463 e. The van der Waals surface area contributed by atoms with E-state index in [1.807, 2.05) is 52.5 Å². The molecule has 1 atom stereocenters. The van der Waals surface area contributed by atoms with Gasteiger partial charge in [-0.15, -0.1) is 11.3 Å². The molecule has 1 aliphatic rings. The average Bonchev–Trinajstić information content (AvgIpc) is 3.56. The Balaban J connectivity index is 1.35. The van der Waals surface area contributed by atoms with Crippen LogP contribution in [0.2, 0.25) is 0 Å². The number of carbonyl (C=O) groups is 1. The summed E-state index contributed by atoms with van der Waals surface area (Å²) in [6, 6.07) is 15.9. The first-order chi connectivity index (χ1) is 15.2. The van der Waals surface area contributed by atoms with Crippen LogP contribution in [0.25, 0.3) is 5.69 Å². The van der Waals surface area contributed by atoms with Crippen molar-refractivity contribution in [2.75, 3.05) is 5.75 Å². The van der Waals surface area contributed by atoms with Gasteiger partial charge in [-0.2, -0.15) is 5.10 Å². The third-order valence-electron chi connectivity index (χ3n) is 5.05. The quantitative estimate of drug-likeness (QED) is 0.375. The van der Waals surface area contributed by atoms with E-state index in [4.69, 9.17) is 4.42 Å². The predicted molar refractivity (Wildman–Crippen MR) is 123 cm³/mol. The Labute approximate surface area is 188 Å². The number of carbonyl (C=O) groups excluding carboxylic acids is 1. The monoisotopic (exact) mass is 448 g/mol. The van der Waals surface area contributed by atoms with Gasteiger partial charge in [0.05, 0.1) is 18.1 Å². The maximum atomic E-state index is 13.2. The van der Waals surface area contributed by atoms with E-state index in [2.05, 4.69) is 29.1 Å². The van der Waals surface area contributed by atoms with Crippen molar-refractivity contribution >= 4 is 34.7 Å². The van der Waals surface area contributed by atoms with Gasteiger partial charge >= 0.3 is 0 Å². The molecule has 4 aromatic rings. The highest BCUT2D eigenvalue weighted by Crippen LogP contribution is 2.36. The van der Waals surface area contributed by atoms with Gasteiger partial charge in [0.15, 0.2) is 5.16 Å². The van der Waals surface area contributed by atoms with E-state index in [0.29, 0.717) is 12.2 Å². The smallest absolute Gasteiger partial charge is 0.253 e. The number of furan rings is 1. The summed E-state index contributed by atoms with van der Waals surface area (Å²) < 4.78 is 7.52. The van der Waals surface area contributed by atoms with E-state index < -0.39 is 0 Å². The molecule has 0 N–H and O–H groups in total. The minimum absolute atomic E-state index is 0.0521. The van der Waals surface area contributed by atoms with Crippen LogP contribution < -0.4 is 0 Å². The summed E-state index contributed by atoms with van der Waals surface area (Å²) in [5.74, 6) is 0.905. The standard InChI is InChI=1S/C23H20N4O2S2/c1-16-5-2-6-17(13-16)26-10-9-24-23(26)31-15-22(28)27-19(21-8-4-12-30-21)14-18(25-27)20-7-3-11-29-20/h2-13,19H,14-15H2,1H3/t19-/m0/s1. The van der Waals surface area contributed by atoms with Crippen molar-refractivity contribution in [3.05, 3.63) is 88.8 Å². The van der Waals surface area contributed by atoms with E-state index in [0.717, 1.165) is 21.4 Å². The summed E-state index contributed by atoms with van der Waals surface area (Å²) in [4.78, 5) is 18.8. The topological polar surface area (TPSA) is 63.6 Å². The largest absolute Gasteiger partial charge is 0.463 e. The van der Waals surface area contributed by atoms with Crippen molar-refractivity contribution in [2.45, 2.75) is 24.5 Å². The maximum absolute atomic E-state index is 13.2. The first-order valence-corrected chi connectivity index (χ1v) is 11.8. The van der Waals surface area contributed by atoms with Crippen molar-refractivity contribution in [3.63, 3.8) is 0 Å². The van der Waals surface area contributed by atoms with Gasteiger partial charge in [0.2, 0.25) is 0 Å². The van der Waals surface area contributed by atoms with Crippen molar-refractivity contribution < 1.29 is 9.21 Å². The molecule has 0 bridgehead atoms. The number of hydrogen-bond donors (Lipinski definition) is 0. The number of hydrogen-bond acceptors (Lipinski definition) is 6. The summed E-state index contributed by atoms with van der Waals surface area (Å²) in [5.41, 5.74) is 3.00. The van der Waals surface area contributed by atoms with Crippen LogP contribution in [0.5, 0.6) is 0 Å². The Hall–Kier alpha value is -3.10. The van der Waals surface area contributed by atoms with Crippen LogP contribution in [0.3, 0.4) is 0 Å². The molecule has 0 saturated carbocycles. The molecule has 31 heavy (non-hydrogen) atoms. The molecule has 156 valence electrons. The molecule has 0 fully saturated rings. The van der Waals surface area contributed by atoms with Crippen molar-refractivity contribution in [3.8, 4) is 5.69 Å². The molecular formula is C23H20N4O2S2. The lowest BCUT2D eigenvalue weighted by Crippen LogP contribution is -2.28. The zero-order chi connectivity index (χ0) is 21.2. The number of hydrazone groups is 1. The molecular weight excluding hydrogens is 428 g/mol.